The van der Waals surface area contributed by atoms with E-state index in [9.17, 15) is 8.78 Å². The third-order valence-electron chi connectivity index (χ3n) is 2.29. The smallest absolute Gasteiger partial charge is 0.422 e. The molecule has 4 nitrogen and oxygen atoms in total. The maximum Gasteiger partial charge on any atom is 0.508 e. The first kappa shape index (κ1) is 16.7. The molecule has 0 spiro atoms. The van der Waals surface area contributed by atoms with Crippen molar-refractivity contribution in [3.8, 4) is 0 Å². The highest BCUT2D eigenvalue weighted by Crippen LogP contribution is 2.08. The summed E-state index contributed by atoms with van der Waals surface area (Å²) < 4.78 is 25.6. The molecule has 20 heavy (non-hydrogen) atoms. The van der Waals surface area contributed by atoms with E-state index in [1.54, 1.807) is 13.0 Å². The molecule has 0 unspecified atom stereocenters. The van der Waals surface area contributed by atoms with Gasteiger partial charge in [-0.15, -0.1) is 0 Å². The molecule has 0 amide bonds. The molecule has 106 valence electrons. The fourth-order valence-corrected chi connectivity index (χ4v) is 1.62. The van der Waals surface area contributed by atoms with Crippen molar-refractivity contribution in [3.63, 3.8) is 0 Å². The predicted octanol–water partition coefficient (Wildman–Crippen LogP) is 1.50. The molecule has 2 aromatic heterocycles. The zero-order valence-electron chi connectivity index (χ0n) is 10.8. The predicted molar refractivity (Wildman–Crippen MR) is 75.4 cm³/mol. The molecule has 0 radical (unpaired) electrons. The molecule has 2 aromatic rings. The van der Waals surface area contributed by atoms with Crippen LogP contribution in [-0.2, 0) is 0 Å². The summed E-state index contributed by atoms with van der Waals surface area (Å²) in [6, 6.07) is 5.33. The maximum absolute atomic E-state index is 12.5. The minimum absolute atomic E-state index is 0.0592. The highest BCUT2D eigenvalue weighted by molar-refractivity contribution is 9.10. The Morgan fingerprint density at radius 3 is 1.85 bits per heavy atom. The molecule has 0 aliphatic carbocycles. The molecule has 0 bridgehead atoms. The second-order valence-corrected chi connectivity index (χ2v) is 4.69. The van der Waals surface area contributed by atoms with Crippen molar-refractivity contribution < 1.29 is 18.8 Å². The molecule has 0 aliphatic heterocycles. The normalized spacial score (nSPS) is 9.75. The lowest BCUT2D eigenvalue weighted by molar-refractivity contribution is 0.424. The van der Waals surface area contributed by atoms with Gasteiger partial charge in [-0.25, -0.2) is 13.8 Å². The van der Waals surface area contributed by atoms with Crippen molar-refractivity contribution in [2.75, 3.05) is 0 Å². The molecule has 0 saturated carbocycles. The minimum Gasteiger partial charge on any atom is -0.422 e. The summed E-state index contributed by atoms with van der Waals surface area (Å²) in [5, 5.41) is 17.2. The molecule has 0 atom stereocenters. The van der Waals surface area contributed by atoms with Crippen LogP contribution in [0.2, 0.25) is 0 Å². The number of rotatable bonds is 1. The number of aryl methyl sites for hydroxylation is 2. The van der Waals surface area contributed by atoms with Crippen molar-refractivity contribution in [3.05, 3.63) is 51.9 Å². The van der Waals surface area contributed by atoms with E-state index in [1.165, 1.54) is 19.1 Å². The third-order valence-corrected chi connectivity index (χ3v) is 2.74. The van der Waals surface area contributed by atoms with Crippen LogP contribution in [-0.4, -0.2) is 27.1 Å². The first-order valence-electron chi connectivity index (χ1n) is 5.59. The van der Waals surface area contributed by atoms with Crippen LogP contribution in [0.5, 0.6) is 0 Å². The highest BCUT2D eigenvalue weighted by Gasteiger charge is 2.13. The van der Waals surface area contributed by atoms with Crippen LogP contribution in [0.3, 0.4) is 0 Å². The van der Waals surface area contributed by atoms with E-state index < -0.39 is 12.9 Å². The fourth-order valence-electron chi connectivity index (χ4n) is 1.22. The second kappa shape index (κ2) is 7.42. The Morgan fingerprint density at radius 2 is 1.45 bits per heavy atom. The van der Waals surface area contributed by atoms with Gasteiger partial charge in [0.2, 0.25) is 0 Å². The number of aromatic nitrogens is 2. The Bertz CT molecular complexity index is 600. The summed E-state index contributed by atoms with van der Waals surface area (Å²) in [6.07, 6.45) is 0. The SMILES string of the molecule is Cc1nc(B(O)O)ccc1F.Cc1nc(Br)ccc1F. The lowest BCUT2D eigenvalue weighted by Gasteiger charge is -1.99. The molecular weight excluding hydrogens is 333 g/mol. The average molecular weight is 345 g/mol. The lowest BCUT2D eigenvalue weighted by Crippen LogP contribution is -2.33. The van der Waals surface area contributed by atoms with Crippen molar-refractivity contribution in [2.24, 2.45) is 0 Å². The van der Waals surface area contributed by atoms with E-state index in [2.05, 4.69) is 25.9 Å². The first-order valence-corrected chi connectivity index (χ1v) is 6.38. The Morgan fingerprint density at radius 1 is 0.950 bits per heavy atom. The van der Waals surface area contributed by atoms with Crippen molar-refractivity contribution in [1.29, 1.82) is 0 Å². The summed E-state index contributed by atoms with van der Waals surface area (Å²) in [5.41, 5.74) is 0.642. The van der Waals surface area contributed by atoms with Crippen molar-refractivity contribution in [2.45, 2.75) is 13.8 Å². The number of halogens is 3. The van der Waals surface area contributed by atoms with Crippen LogP contribution in [0.1, 0.15) is 11.4 Å². The van der Waals surface area contributed by atoms with Gasteiger partial charge in [-0.3, -0.25) is 4.98 Å². The van der Waals surface area contributed by atoms with Gasteiger partial charge < -0.3 is 10.0 Å². The largest absolute Gasteiger partial charge is 0.508 e. The molecule has 0 saturated heterocycles. The van der Waals surface area contributed by atoms with Gasteiger partial charge in [-0.1, -0.05) is 0 Å². The summed E-state index contributed by atoms with van der Waals surface area (Å²) >= 11 is 3.12. The number of hydrogen-bond acceptors (Lipinski definition) is 4. The van der Waals surface area contributed by atoms with Gasteiger partial charge in [-0.2, -0.15) is 0 Å². The van der Waals surface area contributed by atoms with Gasteiger partial charge in [0, 0.05) is 0 Å². The Labute approximate surface area is 123 Å². The van der Waals surface area contributed by atoms with Crippen LogP contribution in [0.4, 0.5) is 8.78 Å². The maximum atomic E-state index is 12.5. The average Bonchev–Trinajstić information content (AvgIpc) is 2.38. The minimum atomic E-state index is -1.63. The van der Waals surface area contributed by atoms with Crippen LogP contribution < -0.4 is 5.59 Å². The van der Waals surface area contributed by atoms with Crippen LogP contribution >= 0.6 is 15.9 Å². The van der Waals surface area contributed by atoms with Gasteiger partial charge in [0.15, 0.2) is 0 Å². The molecule has 2 N–H and O–H groups in total. The standard InChI is InChI=1S/C6H7BFNO2.C6H5BrFN/c1-4-5(8)2-3-6(9-4)7(10)11;1-4-5(8)2-3-6(7)9-4/h2-3,10-11H,1H3;2-3H,1H3. The van der Waals surface area contributed by atoms with E-state index in [4.69, 9.17) is 10.0 Å². The fraction of sp³-hybridized carbons (Fsp3) is 0.167. The van der Waals surface area contributed by atoms with Gasteiger partial charge in [-0.05, 0) is 54.0 Å². The van der Waals surface area contributed by atoms with E-state index in [0.29, 0.717) is 10.3 Å². The van der Waals surface area contributed by atoms with E-state index in [1.807, 2.05) is 0 Å². The Hall–Kier alpha value is -1.38. The summed E-state index contributed by atoms with van der Waals surface area (Å²) in [7, 11) is -1.63. The quantitative estimate of drug-likeness (QED) is 0.607. The molecular formula is C12H12BBrF2N2O2. The van der Waals surface area contributed by atoms with Crippen molar-refractivity contribution >= 4 is 28.6 Å². The Balaban J connectivity index is 0.000000204. The van der Waals surface area contributed by atoms with Gasteiger partial charge >= 0.3 is 7.12 Å². The zero-order valence-corrected chi connectivity index (χ0v) is 12.4. The lowest BCUT2D eigenvalue weighted by atomic mass is 9.85. The zero-order chi connectivity index (χ0) is 15.3. The molecule has 0 aromatic carbocycles. The summed E-state index contributed by atoms with van der Waals surface area (Å²) in [5.74, 6) is -0.715. The Kier molecular flexibility index (Phi) is 6.19. The summed E-state index contributed by atoms with van der Waals surface area (Å²) in [6.45, 7) is 3.08. The summed E-state index contributed by atoms with van der Waals surface area (Å²) in [4.78, 5) is 7.41. The highest BCUT2D eigenvalue weighted by atomic mass is 79.9. The third kappa shape index (κ3) is 4.95. The van der Waals surface area contributed by atoms with Crippen LogP contribution in [0.15, 0.2) is 28.9 Å². The number of nitrogens with zero attached hydrogens (tertiary/aromatic N) is 2. The topological polar surface area (TPSA) is 66.2 Å². The van der Waals surface area contributed by atoms with Gasteiger partial charge in [0.05, 0.1) is 17.0 Å². The van der Waals surface area contributed by atoms with E-state index >= 15 is 0 Å². The molecule has 0 fully saturated rings. The van der Waals surface area contributed by atoms with Crippen molar-refractivity contribution in [1.82, 2.24) is 9.97 Å². The van der Waals surface area contributed by atoms with Crippen LogP contribution in [0, 0.1) is 25.5 Å². The number of hydrogen-bond donors (Lipinski definition) is 2. The van der Waals surface area contributed by atoms with Gasteiger partial charge in [0.25, 0.3) is 0 Å². The van der Waals surface area contributed by atoms with E-state index in [-0.39, 0.29) is 17.1 Å². The molecule has 2 rings (SSSR count). The van der Waals surface area contributed by atoms with Crippen LogP contribution in [0.25, 0.3) is 0 Å². The second-order valence-electron chi connectivity index (χ2n) is 3.88. The molecule has 8 heteroatoms. The van der Waals surface area contributed by atoms with Gasteiger partial charge in [0.1, 0.15) is 16.2 Å². The first-order chi connectivity index (χ1) is 9.31. The van der Waals surface area contributed by atoms with E-state index in [0.717, 1.165) is 6.07 Å². The molecule has 0 aliphatic rings. The monoisotopic (exact) mass is 344 g/mol. The number of pyridine rings is 2. The molecule has 2 heterocycles.